The summed E-state index contributed by atoms with van der Waals surface area (Å²) in [5.41, 5.74) is 3.33. The zero-order chi connectivity index (χ0) is 14.5. The second kappa shape index (κ2) is 6.27. The van der Waals surface area contributed by atoms with E-state index in [1.807, 2.05) is 42.5 Å². The third kappa shape index (κ3) is 2.97. The number of rotatable bonds is 1. The Morgan fingerprint density at radius 2 is 1.10 bits per heavy atom. The maximum Gasteiger partial charge on any atom is 0.135 e. The molecule has 1 nitrogen and oxygen atoms in total. The van der Waals surface area contributed by atoms with E-state index in [4.69, 9.17) is 4.42 Å². The van der Waals surface area contributed by atoms with Crippen molar-refractivity contribution in [2.45, 2.75) is 13.3 Å². The van der Waals surface area contributed by atoms with Crippen LogP contribution < -0.4 is 0 Å². The SMILES string of the molecule is CCc1ccccc1.c1ccc2c(c1)oc1ccccc12. The molecule has 4 rings (SSSR count). The number of hydrogen-bond donors (Lipinski definition) is 0. The fourth-order valence-corrected chi connectivity index (χ4v) is 2.39. The summed E-state index contributed by atoms with van der Waals surface area (Å²) < 4.78 is 5.65. The minimum Gasteiger partial charge on any atom is -0.456 e. The molecule has 0 aliphatic carbocycles. The van der Waals surface area contributed by atoms with Gasteiger partial charge in [0, 0.05) is 10.8 Å². The first-order chi connectivity index (χ1) is 10.4. The van der Waals surface area contributed by atoms with Crippen molar-refractivity contribution < 1.29 is 4.42 Å². The van der Waals surface area contributed by atoms with E-state index in [-0.39, 0.29) is 0 Å². The molecule has 0 amide bonds. The summed E-state index contributed by atoms with van der Waals surface area (Å²) in [4.78, 5) is 0. The van der Waals surface area contributed by atoms with Crippen molar-refractivity contribution in [1.82, 2.24) is 0 Å². The lowest BCUT2D eigenvalue weighted by molar-refractivity contribution is 0.669. The largest absolute Gasteiger partial charge is 0.456 e. The van der Waals surface area contributed by atoms with E-state index in [0.29, 0.717) is 0 Å². The summed E-state index contributed by atoms with van der Waals surface area (Å²) >= 11 is 0. The molecule has 0 aliphatic rings. The van der Waals surface area contributed by atoms with E-state index >= 15 is 0 Å². The Morgan fingerprint density at radius 1 is 0.619 bits per heavy atom. The standard InChI is InChI=1S/C12H8O.C8H10/c1-3-7-11-9(5-1)10-6-2-4-8-12(10)13-11;1-2-8-6-4-3-5-7-8/h1-8H;3-7H,2H2,1H3. The van der Waals surface area contributed by atoms with Crippen molar-refractivity contribution in [2.24, 2.45) is 0 Å². The van der Waals surface area contributed by atoms with Gasteiger partial charge in [0.2, 0.25) is 0 Å². The Hall–Kier alpha value is -2.54. The van der Waals surface area contributed by atoms with Crippen LogP contribution in [0.2, 0.25) is 0 Å². The third-order valence-electron chi connectivity index (χ3n) is 3.54. The van der Waals surface area contributed by atoms with Crippen LogP contribution in [0.25, 0.3) is 21.9 Å². The van der Waals surface area contributed by atoms with Gasteiger partial charge in [0.1, 0.15) is 11.2 Å². The highest BCUT2D eigenvalue weighted by Crippen LogP contribution is 2.27. The van der Waals surface area contributed by atoms with Crippen molar-refractivity contribution in [3.8, 4) is 0 Å². The maximum absolute atomic E-state index is 5.65. The smallest absolute Gasteiger partial charge is 0.135 e. The first-order valence-corrected chi connectivity index (χ1v) is 7.28. The van der Waals surface area contributed by atoms with Crippen LogP contribution in [0.1, 0.15) is 12.5 Å². The molecule has 1 heterocycles. The van der Waals surface area contributed by atoms with Crippen LogP contribution in [0.4, 0.5) is 0 Å². The summed E-state index contributed by atoms with van der Waals surface area (Å²) in [6, 6.07) is 26.7. The fourth-order valence-electron chi connectivity index (χ4n) is 2.39. The van der Waals surface area contributed by atoms with Crippen molar-refractivity contribution >= 4 is 21.9 Å². The monoisotopic (exact) mass is 274 g/mol. The molecule has 1 heteroatoms. The Labute approximate surface area is 124 Å². The first-order valence-electron chi connectivity index (χ1n) is 7.28. The van der Waals surface area contributed by atoms with Crippen molar-refractivity contribution in [1.29, 1.82) is 0 Å². The summed E-state index contributed by atoms with van der Waals surface area (Å²) in [5.74, 6) is 0. The number of benzene rings is 3. The molecular weight excluding hydrogens is 256 g/mol. The van der Waals surface area contributed by atoms with Gasteiger partial charge in [-0.3, -0.25) is 0 Å². The molecule has 0 saturated heterocycles. The quantitative estimate of drug-likeness (QED) is 0.425. The van der Waals surface area contributed by atoms with E-state index in [1.165, 1.54) is 16.3 Å². The Morgan fingerprint density at radius 3 is 1.57 bits per heavy atom. The molecule has 0 unspecified atom stereocenters. The molecule has 4 aromatic rings. The minimum absolute atomic E-state index is 0.962. The zero-order valence-electron chi connectivity index (χ0n) is 12.1. The predicted octanol–water partition coefficient (Wildman–Crippen LogP) is 5.84. The summed E-state index contributed by atoms with van der Waals surface area (Å²) in [6.07, 6.45) is 1.14. The van der Waals surface area contributed by atoms with Gasteiger partial charge in [0.15, 0.2) is 0 Å². The van der Waals surface area contributed by atoms with Gasteiger partial charge in [-0.25, -0.2) is 0 Å². The average molecular weight is 274 g/mol. The van der Waals surface area contributed by atoms with E-state index < -0.39 is 0 Å². The molecule has 0 radical (unpaired) electrons. The molecule has 104 valence electrons. The van der Waals surface area contributed by atoms with Crippen molar-refractivity contribution in [3.63, 3.8) is 0 Å². The second-order valence-corrected chi connectivity index (χ2v) is 4.93. The Balaban J connectivity index is 0.000000143. The van der Waals surface area contributed by atoms with E-state index in [9.17, 15) is 0 Å². The van der Waals surface area contributed by atoms with Gasteiger partial charge in [-0.1, -0.05) is 73.7 Å². The Bertz CT molecular complexity index is 778. The lowest BCUT2D eigenvalue weighted by atomic mass is 10.2. The minimum atomic E-state index is 0.962. The van der Waals surface area contributed by atoms with Crippen LogP contribution in [-0.4, -0.2) is 0 Å². The number of hydrogen-bond acceptors (Lipinski definition) is 1. The molecule has 0 bridgehead atoms. The van der Waals surface area contributed by atoms with E-state index in [1.54, 1.807) is 0 Å². The molecule has 21 heavy (non-hydrogen) atoms. The molecule has 0 spiro atoms. The second-order valence-electron chi connectivity index (χ2n) is 4.93. The van der Waals surface area contributed by atoms with Crippen LogP contribution in [0.15, 0.2) is 83.3 Å². The van der Waals surface area contributed by atoms with Crippen molar-refractivity contribution in [2.75, 3.05) is 0 Å². The highest BCUT2D eigenvalue weighted by molar-refractivity contribution is 6.04. The maximum atomic E-state index is 5.65. The van der Waals surface area contributed by atoms with Gasteiger partial charge in [-0.15, -0.1) is 0 Å². The number of para-hydroxylation sites is 2. The van der Waals surface area contributed by atoms with Crippen LogP contribution in [0.5, 0.6) is 0 Å². The average Bonchev–Trinajstić information content (AvgIpc) is 2.95. The van der Waals surface area contributed by atoms with Crippen LogP contribution in [0, 0.1) is 0 Å². The molecule has 3 aromatic carbocycles. The summed E-state index contributed by atoms with van der Waals surface area (Å²) in [6.45, 7) is 2.16. The van der Waals surface area contributed by atoms with Gasteiger partial charge in [0.05, 0.1) is 0 Å². The molecule has 0 atom stereocenters. The summed E-state index contributed by atoms with van der Waals surface area (Å²) in [5, 5.41) is 2.39. The molecule has 0 saturated carbocycles. The topological polar surface area (TPSA) is 13.1 Å². The molecule has 0 aliphatic heterocycles. The highest BCUT2D eigenvalue weighted by Gasteiger charge is 2.03. The van der Waals surface area contributed by atoms with Gasteiger partial charge in [-0.2, -0.15) is 0 Å². The van der Waals surface area contributed by atoms with Crippen LogP contribution in [-0.2, 0) is 6.42 Å². The normalized spacial score (nSPS) is 10.3. The molecule has 0 N–H and O–H groups in total. The van der Waals surface area contributed by atoms with Gasteiger partial charge >= 0.3 is 0 Å². The Kier molecular flexibility index (Phi) is 4.02. The highest BCUT2D eigenvalue weighted by atomic mass is 16.3. The number of fused-ring (bicyclic) bond motifs is 3. The predicted molar refractivity (Wildman–Crippen MR) is 89.5 cm³/mol. The van der Waals surface area contributed by atoms with Gasteiger partial charge < -0.3 is 4.42 Å². The lowest BCUT2D eigenvalue weighted by Crippen LogP contribution is -1.73. The van der Waals surface area contributed by atoms with Crippen molar-refractivity contribution in [3.05, 3.63) is 84.4 Å². The van der Waals surface area contributed by atoms with E-state index in [0.717, 1.165) is 17.6 Å². The fraction of sp³-hybridized carbons (Fsp3) is 0.100. The first kappa shape index (κ1) is 13.4. The van der Waals surface area contributed by atoms with Crippen LogP contribution in [0.3, 0.4) is 0 Å². The molecule has 0 fully saturated rings. The lowest BCUT2D eigenvalue weighted by Gasteiger charge is -1.89. The number of furan rings is 1. The molecular formula is C20H18O. The third-order valence-corrected chi connectivity index (χ3v) is 3.54. The van der Waals surface area contributed by atoms with Gasteiger partial charge in [-0.05, 0) is 24.1 Å². The van der Waals surface area contributed by atoms with Crippen LogP contribution >= 0.6 is 0 Å². The zero-order valence-corrected chi connectivity index (χ0v) is 12.1. The van der Waals surface area contributed by atoms with Gasteiger partial charge in [0.25, 0.3) is 0 Å². The summed E-state index contributed by atoms with van der Waals surface area (Å²) in [7, 11) is 0. The molecule has 1 aromatic heterocycles. The number of aryl methyl sites for hydroxylation is 1. The van der Waals surface area contributed by atoms with E-state index in [2.05, 4.69) is 43.3 Å².